The molecule has 0 aromatic heterocycles. The number of hydrogen-bond acceptors (Lipinski definition) is 1. The largest absolute Gasteiger partial charge is 0.353 e. The smallest absolute Gasteiger partial charge is 0.237 e. The number of hydrogen-bond donors (Lipinski definition) is 1. The van der Waals surface area contributed by atoms with Crippen LogP contribution in [0.25, 0.3) is 0 Å². The van der Waals surface area contributed by atoms with Crippen LogP contribution in [0.3, 0.4) is 0 Å². The second-order valence-electron chi connectivity index (χ2n) is 2.93. The summed E-state index contributed by atoms with van der Waals surface area (Å²) in [4.78, 5) is 10.8. The topological polar surface area (TPSA) is 29.1 Å². The van der Waals surface area contributed by atoms with Gasteiger partial charge in [0.25, 0.3) is 0 Å². The number of β-lactam (4-membered cyclic amide) rings is 1. The normalized spacial score (nSPS) is 19.4. The minimum absolute atomic E-state index is 0.0448. The van der Waals surface area contributed by atoms with Crippen LogP contribution in [-0.2, 0) is 4.79 Å². The minimum Gasteiger partial charge on any atom is -0.353 e. The summed E-state index contributed by atoms with van der Waals surface area (Å²) in [6.07, 6.45) is 0. The second kappa shape index (κ2) is 3.32. The summed E-state index contributed by atoms with van der Waals surface area (Å²) < 4.78 is 0. The van der Waals surface area contributed by atoms with E-state index in [0.717, 1.165) is 5.56 Å². The molecule has 1 aliphatic rings. The molecule has 0 radical (unpaired) electrons. The Morgan fingerprint density at radius 1 is 1.31 bits per heavy atom. The molecule has 2 nitrogen and oxygen atoms in total. The third kappa shape index (κ3) is 1.70. The van der Waals surface area contributed by atoms with Gasteiger partial charge in [0.15, 0.2) is 0 Å². The van der Waals surface area contributed by atoms with E-state index in [-0.39, 0.29) is 11.8 Å². The Morgan fingerprint density at radius 2 is 2.08 bits per heavy atom. The molecule has 1 aliphatic heterocycles. The fourth-order valence-corrected chi connectivity index (χ4v) is 1.10. The van der Waals surface area contributed by atoms with E-state index >= 15 is 0 Å². The lowest BCUT2D eigenvalue weighted by molar-refractivity contribution is -0.128. The fraction of sp³-hybridized carbons (Fsp3) is 0.182. The van der Waals surface area contributed by atoms with Crippen molar-refractivity contribution in [3.8, 4) is 11.8 Å². The average molecular weight is 171 g/mol. The number of carbonyl (C=O) groups excluding carboxylic acids is 1. The summed E-state index contributed by atoms with van der Waals surface area (Å²) in [5.41, 5.74) is 0.960. The number of amides is 1. The maximum atomic E-state index is 10.8. The molecule has 1 aromatic rings. The Balaban J connectivity index is 2.09. The lowest BCUT2D eigenvalue weighted by Crippen LogP contribution is -2.47. The molecular weight excluding hydrogens is 162 g/mol. The maximum absolute atomic E-state index is 10.8. The molecule has 1 saturated heterocycles. The van der Waals surface area contributed by atoms with Crippen molar-refractivity contribution in [2.24, 2.45) is 5.92 Å². The summed E-state index contributed by atoms with van der Waals surface area (Å²) in [7, 11) is 0. The van der Waals surface area contributed by atoms with E-state index in [4.69, 9.17) is 0 Å². The van der Waals surface area contributed by atoms with Crippen LogP contribution >= 0.6 is 0 Å². The van der Waals surface area contributed by atoms with Gasteiger partial charge in [0.2, 0.25) is 5.91 Å². The maximum Gasteiger partial charge on any atom is 0.237 e. The summed E-state index contributed by atoms with van der Waals surface area (Å²) in [6, 6.07) is 9.68. The van der Waals surface area contributed by atoms with Crippen molar-refractivity contribution in [1.29, 1.82) is 0 Å². The lowest BCUT2D eigenvalue weighted by atomic mass is 10.0. The molecule has 2 rings (SSSR count). The van der Waals surface area contributed by atoms with Crippen molar-refractivity contribution in [2.75, 3.05) is 6.54 Å². The molecule has 1 atom stereocenters. The number of rotatable bonds is 0. The van der Waals surface area contributed by atoms with E-state index in [1.165, 1.54) is 0 Å². The SMILES string of the molecule is O=C1NCC1C#Cc1ccccc1. The van der Waals surface area contributed by atoms with Gasteiger partial charge in [-0.15, -0.1) is 0 Å². The van der Waals surface area contributed by atoms with Crippen LogP contribution < -0.4 is 5.32 Å². The summed E-state index contributed by atoms with van der Waals surface area (Å²) in [6.45, 7) is 0.693. The summed E-state index contributed by atoms with van der Waals surface area (Å²) in [5, 5.41) is 2.65. The molecule has 2 heteroatoms. The van der Waals surface area contributed by atoms with Crippen molar-refractivity contribution >= 4 is 5.91 Å². The van der Waals surface area contributed by atoms with E-state index in [1.54, 1.807) is 0 Å². The zero-order valence-corrected chi connectivity index (χ0v) is 7.08. The Hall–Kier alpha value is -1.75. The van der Waals surface area contributed by atoms with Gasteiger partial charge in [0, 0.05) is 12.1 Å². The standard InChI is InChI=1S/C11H9NO/c13-11-10(8-12-11)7-6-9-4-2-1-3-5-9/h1-5,10H,8H2,(H,12,13). The third-order valence-electron chi connectivity index (χ3n) is 1.96. The summed E-state index contributed by atoms with van der Waals surface area (Å²) in [5.74, 6) is 5.84. The van der Waals surface area contributed by atoms with E-state index in [1.807, 2.05) is 30.3 Å². The molecule has 0 bridgehead atoms. The third-order valence-corrected chi connectivity index (χ3v) is 1.96. The number of carbonyl (C=O) groups is 1. The zero-order valence-electron chi connectivity index (χ0n) is 7.08. The van der Waals surface area contributed by atoms with Crippen molar-refractivity contribution < 1.29 is 4.79 Å². The molecule has 1 heterocycles. The Bertz CT molecular complexity index is 372. The van der Waals surface area contributed by atoms with Gasteiger partial charge in [-0.1, -0.05) is 30.0 Å². The highest BCUT2D eigenvalue weighted by Crippen LogP contribution is 2.03. The first-order chi connectivity index (χ1) is 6.36. The molecule has 0 saturated carbocycles. The molecule has 0 aliphatic carbocycles. The van der Waals surface area contributed by atoms with E-state index in [0.29, 0.717) is 6.54 Å². The molecule has 1 fully saturated rings. The molecule has 1 unspecified atom stereocenters. The lowest BCUT2D eigenvalue weighted by Gasteiger charge is -2.20. The van der Waals surface area contributed by atoms with Gasteiger partial charge < -0.3 is 5.32 Å². The van der Waals surface area contributed by atoms with Gasteiger partial charge in [-0.25, -0.2) is 0 Å². The van der Waals surface area contributed by atoms with E-state index in [2.05, 4.69) is 17.2 Å². The first kappa shape index (κ1) is 7.88. The van der Waals surface area contributed by atoms with Crippen molar-refractivity contribution in [2.45, 2.75) is 0 Å². The second-order valence-corrected chi connectivity index (χ2v) is 2.93. The predicted octanol–water partition coefficient (Wildman–Crippen LogP) is 0.784. The van der Waals surface area contributed by atoms with Gasteiger partial charge in [-0.05, 0) is 12.1 Å². The van der Waals surface area contributed by atoms with Gasteiger partial charge in [-0.3, -0.25) is 4.79 Å². The number of benzene rings is 1. The van der Waals surface area contributed by atoms with Gasteiger partial charge in [0.05, 0.1) is 0 Å². The predicted molar refractivity (Wildman–Crippen MR) is 49.8 cm³/mol. The van der Waals surface area contributed by atoms with Gasteiger partial charge in [-0.2, -0.15) is 0 Å². The van der Waals surface area contributed by atoms with Crippen LogP contribution in [0.2, 0.25) is 0 Å². The van der Waals surface area contributed by atoms with Crippen LogP contribution in [0, 0.1) is 17.8 Å². The summed E-state index contributed by atoms with van der Waals surface area (Å²) >= 11 is 0. The highest BCUT2D eigenvalue weighted by Gasteiger charge is 2.24. The zero-order chi connectivity index (χ0) is 9.10. The first-order valence-corrected chi connectivity index (χ1v) is 4.20. The molecule has 64 valence electrons. The van der Waals surface area contributed by atoms with Crippen LogP contribution in [0.15, 0.2) is 30.3 Å². The minimum atomic E-state index is -0.0970. The van der Waals surface area contributed by atoms with Crippen molar-refractivity contribution in [3.63, 3.8) is 0 Å². The van der Waals surface area contributed by atoms with Crippen molar-refractivity contribution in [1.82, 2.24) is 5.32 Å². The van der Waals surface area contributed by atoms with Crippen LogP contribution in [-0.4, -0.2) is 12.5 Å². The van der Waals surface area contributed by atoms with Gasteiger partial charge in [0.1, 0.15) is 5.92 Å². The molecule has 1 N–H and O–H groups in total. The van der Waals surface area contributed by atoms with Gasteiger partial charge >= 0.3 is 0 Å². The Morgan fingerprint density at radius 3 is 2.62 bits per heavy atom. The van der Waals surface area contributed by atoms with Crippen molar-refractivity contribution in [3.05, 3.63) is 35.9 Å². The first-order valence-electron chi connectivity index (χ1n) is 4.20. The Kier molecular flexibility index (Phi) is 2.01. The quantitative estimate of drug-likeness (QED) is 0.453. The number of nitrogens with one attached hydrogen (secondary N) is 1. The monoisotopic (exact) mass is 171 g/mol. The van der Waals surface area contributed by atoms with Crippen LogP contribution in [0.4, 0.5) is 0 Å². The molecule has 1 aromatic carbocycles. The highest BCUT2D eigenvalue weighted by molar-refractivity contribution is 5.87. The molecule has 13 heavy (non-hydrogen) atoms. The van der Waals surface area contributed by atoms with E-state index < -0.39 is 0 Å². The van der Waals surface area contributed by atoms with E-state index in [9.17, 15) is 4.79 Å². The highest BCUT2D eigenvalue weighted by atomic mass is 16.2. The Labute approximate surface area is 77.0 Å². The molecular formula is C11H9NO. The fourth-order valence-electron chi connectivity index (χ4n) is 1.10. The van der Waals surface area contributed by atoms with Crippen LogP contribution in [0.5, 0.6) is 0 Å². The average Bonchev–Trinajstić information content (AvgIpc) is 2.17. The molecule has 1 amide bonds. The van der Waals surface area contributed by atoms with Crippen LogP contribution in [0.1, 0.15) is 5.56 Å². The molecule has 0 spiro atoms.